The van der Waals surface area contributed by atoms with Crippen molar-refractivity contribution in [3.8, 4) is 5.75 Å². The van der Waals surface area contributed by atoms with Gasteiger partial charge in [0.15, 0.2) is 0 Å². The zero-order chi connectivity index (χ0) is 27.2. The molecule has 1 amide bonds. The van der Waals surface area contributed by atoms with E-state index in [1.54, 1.807) is 0 Å². The highest BCUT2D eigenvalue weighted by atomic mass is 35.5. The first-order valence-corrected chi connectivity index (χ1v) is 14.5. The van der Waals surface area contributed by atoms with E-state index in [0.29, 0.717) is 45.3 Å². The van der Waals surface area contributed by atoms with Crippen LogP contribution in [0.4, 0.5) is 17.6 Å². The number of amides is 1. The first-order valence-electron chi connectivity index (χ1n) is 12.5. The fourth-order valence-corrected chi connectivity index (χ4v) is 6.29. The number of ether oxygens (including phenoxy) is 1. The average molecular weight is 575 g/mol. The van der Waals surface area contributed by atoms with Gasteiger partial charge in [0.25, 0.3) is 5.91 Å². The number of hydrogen-bond donors (Lipinski definition) is 1. The zero-order valence-corrected chi connectivity index (χ0v) is 21.9. The molecule has 3 fully saturated rings. The van der Waals surface area contributed by atoms with Crippen molar-refractivity contribution in [2.24, 2.45) is 0 Å². The van der Waals surface area contributed by atoms with Gasteiger partial charge >= 0.3 is 6.18 Å². The van der Waals surface area contributed by atoms with Crippen molar-refractivity contribution in [3.63, 3.8) is 0 Å². The van der Waals surface area contributed by atoms with Crippen LogP contribution in [0.5, 0.6) is 5.75 Å². The van der Waals surface area contributed by atoms with Gasteiger partial charge in [-0.2, -0.15) is 13.2 Å². The quantitative estimate of drug-likeness (QED) is 0.413. The number of sulfonamides is 1. The molecule has 0 bridgehead atoms. The van der Waals surface area contributed by atoms with E-state index in [-0.39, 0.29) is 28.4 Å². The van der Waals surface area contributed by atoms with Crippen LogP contribution >= 0.6 is 11.6 Å². The Morgan fingerprint density at radius 3 is 2.34 bits per heavy atom. The maximum absolute atomic E-state index is 15.0. The Bertz CT molecular complexity index is 1340. The molecule has 206 valence electrons. The predicted octanol–water partition coefficient (Wildman–Crippen LogP) is 5.64. The minimum Gasteiger partial charge on any atom is -0.490 e. The van der Waals surface area contributed by atoms with Crippen molar-refractivity contribution in [3.05, 3.63) is 63.4 Å². The van der Waals surface area contributed by atoms with Crippen molar-refractivity contribution in [1.82, 2.24) is 9.62 Å². The summed E-state index contributed by atoms with van der Waals surface area (Å²) in [6.07, 6.45) is -0.882. The Morgan fingerprint density at radius 2 is 1.74 bits per heavy atom. The molecule has 38 heavy (non-hydrogen) atoms. The minimum absolute atomic E-state index is 0.107. The summed E-state index contributed by atoms with van der Waals surface area (Å²) in [5.41, 5.74) is 0.386. The van der Waals surface area contributed by atoms with Crippen LogP contribution in [0.3, 0.4) is 0 Å². The van der Waals surface area contributed by atoms with E-state index < -0.39 is 38.7 Å². The third kappa shape index (κ3) is 6.26. The molecule has 1 aliphatic heterocycles. The molecule has 1 saturated heterocycles. The number of nitrogens with zero attached hydrogens (tertiary/aromatic N) is 1. The number of carbonyl (C=O) groups excluding carboxylic acids is 1. The number of carbonyl (C=O) groups is 1. The van der Waals surface area contributed by atoms with E-state index in [9.17, 15) is 30.8 Å². The molecule has 1 N–H and O–H groups in total. The van der Waals surface area contributed by atoms with Crippen LogP contribution in [0.2, 0.25) is 5.02 Å². The molecule has 2 aliphatic carbocycles. The number of alkyl halides is 3. The van der Waals surface area contributed by atoms with Gasteiger partial charge in [-0.05, 0) is 85.9 Å². The van der Waals surface area contributed by atoms with Gasteiger partial charge in [0.05, 0.1) is 21.4 Å². The van der Waals surface area contributed by atoms with Gasteiger partial charge in [-0.1, -0.05) is 11.6 Å². The summed E-state index contributed by atoms with van der Waals surface area (Å²) in [6, 6.07) is 6.30. The Hall–Kier alpha value is -2.37. The molecule has 2 aromatic carbocycles. The van der Waals surface area contributed by atoms with Gasteiger partial charge in [-0.25, -0.2) is 17.5 Å². The van der Waals surface area contributed by atoms with E-state index >= 15 is 0 Å². The lowest BCUT2D eigenvalue weighted by Crippen LogP contribution is -2.38. The highest BCUT2D eigenvalue weighted by Gasteiger charge is 2.38. The summed E-state index contributed by atoms with van der Waals surface area (Å²) in [4.78, 5) is 14.7. The number of likely N-dealkylation sites (tertiary alicyclic amines) is 1. The molecule has 12 heteroatoms. The summed E-state index contributed by atoms with van der Waals surface area (Å²) in [6.45, 7) is 1.63. The number of halogens is 5. The number of piperidine rings is 1. The molecule has 3 aliphatic rings. The Kier molecular flexibility index (Phi) is 7.38. The molecule has 1 heterocycles. The van der Waals surface area contributed by atoms with Gasteiger partial charge in [0.2, 0.25) is 10.0 Å². The zero-order valence-electron chi connectivity index (χ0n) is 20.4. The van der Waals surface area contributed by atoms with Crippen LogP contribution in [0.15, 0.2) is 30.3 Å². The molecule has 0 spiro atoms. The highest BCUT2D eigenvalue weighted by molar-refractivity contribution is 7.91. The summed E-state index contributed by atoms with van der Waals surface area (Å²) in [5, 5.41) is -0.971. The van der Waals surface area contributed by atoms with Crippen molar-refractivity contribution in [2.75, 3.05) is 13.1 Å². The van der Waals surface area contributed by atoms with Gasteiger partial charge in [0.1, 0.15) is 17.7 Å². The molecule has 5 rings (SSSR count). The summed E-state index contributed by atoms with van der Waals surface area (Å²) < 4.78 is 86.5. The minimum atomic E-state index is -4.57. The number of hydrogen-bond acceptors (Lipinski definition) is 5. The van der Waals surface area contributed by atoms with E-state index in [2.05, 4.69) is 4.90 Å². The second-order valence-electron chi connectivity index (χ2n) is 10.2. The van der Waals surface area contributed by atoms with Crippen LogP contribution in [0.25, 0.3) is 0 Å². The number of benzene rings is 2. The fourth-order valence-electron chi connectivity index (χ4n) is 4.78. The lowest BCUT2D eigenvalue weighted by Gasteiger charge is -2.33. The second-order valence-corrected chi connectivity index (χ2v) is 12.6. The van der Waals surface area contributed by atoms with Crippen LogP contribution in [-0.2, 0) is 22.7 Å². The second kappa shape index (κ2) is 10.3. The fraction of sp³-hybridized carbons (Fsp3) is 0.500. The third-order valence-electron chi connectivity index (χ3n) is 7.16. The Labute approximate surface area is 223 Å². The number of rotatable bonds is 8. The van der Waals surface area contributed by atoms with E-state index in [1.807, 2.05) is 4.72 Å². The summed E-state index contributed by atoms with van der Waals surface area (Å²) in [5.74, 6) is -1.41. The van der Waals surface area contributed by atoms with E-state index in [1.165, 1.54) is 24.3 Å². The summed E-state index contributed by atoms with van der Waals surface area (Å²) in [7, 11) is -3.79. The smallest absolute Gasteiger partial charge is 0.417 e. The molecule has 6 nitrogen and oxygen atoms in total. The van der Waals surface area contributed by atoms with Crippen molar-refractivity contribution < 1.29 is 35.5 Å². The van der Waals surface area contributed by atoms with Crippen molar-refractivity contribution in [1.29, 1.82) is 0 Å². The SMILES string of the molecule is O=C(NS(=O)(=O)C1CC1)c1cc(C2CC2)c(CN2CCC(Oc3ccc(Cl)c(C(F)(F)F)c3)CC2)cc1F. The van der Waals surface area contributed by atoms with Crippen molar-refractivity contribution >= 4 is 27.5 Å². The maximum Gasteiger partial charge on any atom is 0.417 e. The molecular formula is C26H27ClF4N2O4S. The largest absolute Gasteiger partial charge is 0.490 e. The monoisotopic (exact) mass is 574 g/mol. The van der Waals surface area contributed by atoms with E-state index in [0.717, 1.165) is 30.0 Å². The predicted molar refractivity (Wildman–Crippen MR) is 133 cm³/mol. The standard InChI is InChI=1S/C26H27ClF4N2O4S/c27-23-6-3-18(12-22(23)26(29,30)31)37-17-7-9-33(10-8-17)14-16-11-24(28)21(13-20(16)15-1-2-15)25(34)32-38(35,36)19-4-5-19/h3,6,11-13,15,17,19H,1-2,4-5,7-10,14H2,(H,32,34). The number of nitrogens with one attached hydrogen (secondary N) is 1. The highest BCUT2D eigenvalue weighted by Crippen LogP contribution is 2.43. The summed E-state index contributed by atoms with van der Waals surface area (Å²) >= 11 is 5.68. The van der Waals surface area contributed by atoms with Gasteiger partial charge in [-0.15, -0.1) is 0 Å². The van der Waals surface area contributed by atoms with Gasteiger partial charge in [0, 0.05) is 19.6 Å². The maximum atomic E-state index is 15.0. The average Bonchev–Trinajstić information content (AvgIpc) is 3.74. The molecule has 0 aromatic heterocycles. The molecule has 0 radical (unpaired) electrons. The van der Waals surface area contributed by atoms with Crippen molar-refractivity contribution in [2.45, 2.75) is 68.5 Å². The van der Waals surface area contributed by atoms with Crippen LogP contribution < -0.4 is 9.46 Å². The first kappa shape index (κ1) is 27.2. The molecule has 0 unspecified atom stereocenters. The molecule has 2 saturated carbocycles. The third-order valence-corrected chi connectivity index (χ3v) is 9.31. The first-order chi connectivity index (χ1) is 17.9. The van der Waals surface area contributed by atoms with Crippen LogP contribution in [-0.4, -0.2) is 43.7 Å². The molecule has 0 atom stereocenters. The van der Waals surface area contributed by atoms with Crippen LogP contribution in [0.1, 0.15) is 71.5 Å². The topological polar surface area (TPSA) is 75.7 Å². The van der Waals surface area contributed by atoms with E-state index in [4.69, 9.17) is 16.3 Å². The Morgan fingerprint density at radius 1 is 1.05 bits per heavy atom. The molecule has 2 aromatic rings. The molecular weight excluding hydrogens is 548 g/mol. The Balaban J connectivity index is 1.23. The normalized spacial score (nSPS) is 19.4. The lowest BCUT2D eigenvalue weighted by molar-refractivity contribution is -0.137. The lowest BCUT2D eigenvalue weighted by atomic mass is 9.97. The van der Waals surface area contributed by atoms with Crippen LogP contribution in [0, 0.1) is 5.82 Å². The van der Waals surface area contributed by atoms with Gasteiger partial charge < -0.3 is 4.74 Å². The van der Waals surface area contributed by atoms with Gasteiger partial charge in [-0.3, -0.25) is 9.69 Å².